The highest BCUT2D eigenvalue weighted by atomic mass is 31.2. The van der Waals surface area contributed by atoms with Crippen molar-refractivity contribution in [2.75, 3.05) is 94.5 Å². The van der Waals surface area contributed by atoms with Crippen LogP contribution in [0.2, 0.25) is 0 Å². The first-order valence-corrected chi connectivity index (χ1v) is 19.8. The van der Waals surface area contributed by atoms with Crippen molar-refractivity contribution in [2.24, 2.45) is 0 Å². The van der Waals surface area contributed by atoms with Gasteiger partial charge in [-0.2, -0.15) is 0 Å². The van der Waals surface area contributed by atoms with Crippen LogP contribution in [-0.2, 0) is 46.2 Å². The first-order valence-electron chi connectivity index (χ1n) is 18.1. The summed E-state index contributed by atoms with van der Waals surface area (Å²) >= 11 is 0. The minimum atomic E-state index is -4.79. The van der Waals surface area contributed by atoms with Crippen molar-refractivity contribution in [1.82, 2.24) is 0 Å². The molecule has 0 aliphatic heterocycles. The van der Waals surface area contributed by atoms with E-state index in [1.165, 1.54) is 40.6 Å². The Kier molecular flexibility index (Phi) is 20.0. The van der Waals surface area contributed by atoms with Crippen LogP contribution in [0.5, 0.6) is 23.0 Å². The molecule has 0 saturated carbocycles. The molecular weight excluding hydrogens is 743 g/mol. The monoisotopic (exact) mass is 798 g/mol. The lowest BCUT2D eigenvalue weighted by molar-refractivity contribution is 0.0147. The third-order valence-electron chi connectivity index (χ3n) is 8.56. The average molecular weight is 799 g/mol. The summed E-state index contributed by atoms with van der Waals surface area (Å²) in [5.74, 6) is 0.291. The smallest absolute Gasteiger partial charge is 0.249 e. The molecule has 306 valence electrons. The zero-order valence-corrected chi connectivity index (χ0v) is 34.2. The highest BCUT2D eigenvalue weighted by Gasteiger charge is 2.48. The number of ether oxygens (including phenoxy) is 10. The third kappa shape index (κ3) is 11.8. The molecule has 0 unspecified atom stereocenters. The molecule has 0 atom stereocenters. The predicted octanol–water partition coefficient (Wildman–Crippen LogP) is 6.48. The van der Waals surface area contributed by atoms with Gasteiger partial charge in [0, 0.05) is 16.4 Å². The van der Waals surface area contributed by atoms with Crippen LogP contribution in [0.4, 0.5) is 0 Å². The summed E-state index contributed by atoms with van der Waals surface area (Å²) in [7, 11) is 0.745. The molecule has 56 heavy (non-hydrogen) atoms. The Balaban J connectivity index is 2.04. The number of hydrogen-bond acceptors (Lipinski definition) is 13. The standard InChI is InChI=1S/C42H55O13P/c1-9-16-50-18-20-52-22-24-54-28-33-30(3)26-35(46-5)37(39(33)48-7)41(43)56(45,32-14-12-11-13-15-32)42(44)38-36(47-6)27-31(4)34(40(38)49-8)29-55-25-23-53-21-19-51-17-10-2/h9-15,26-27H,1-2,16-25,28-29H2,3-8H3. The van der Waals surface area contributed by atoms with Crippen molar-refractivity contribution < 1.29 is 61.5 Å². The molecule has 0 aliphatic rings. The molecule has 0 spiro atoms. The Labute approximate surface area is 330 Å². The minimum absolute atomic E-state index is 0.00315. The van der Waals surface area contributed by atoms with Crippen molar-refractivity contribution >= 4 is 23.5 Å². The lowest BCUT2D eigenvalue weighted by Gasteiger charge is -2.24. The molecule has 0 N–H and O–H groups in total. The highest BCUT2D eigenvalue weighted by molar-refractivity contribution is 8.01. The second-order valence-corrected chi connectivity index (χ2v) is 14.7. The number of rotatable bonds is 29. The topological polar surface area (TPSA) is 144 Å². The quantitative estimate of drug-likeness (QED) is 0.0430. The van der Waals surface area contributed by atoms with Crippen LogP contribution < -0.4 is 24.3 Å². The Morgan fingerprint density at radius 3 is 1.30 bits per heavy atom. The van der Waals surface area contributed by atoms with Gasteiger partial charge < -0.3 is 51.9 Å². The van der Waals surface area contributed by atoms with Gasteiger partial charge in [0.25, 0.3) is 0 Å². The van der Waals surface area contributed by atoms with Crippen molar-refractivity contribution in [2.45, 2.75) is 27.1 Å². The lowest BCUT2D eigenvalue weighted by atomic mass is 10.0. The van der Waals surface area contributed by atoms with E-state index in [9.17, 15) is 0 Å². The number of carbonyl (C=O) groups excluding carboxylic acids is 2. The van der Waals surface area contributed by atoms with E-state index in [1.54, 1.807) is 42.5 Å². The van der Waals surface area contributed by atoms with Crippen LogP contribution in [0.1, 0.15) is 43.0 Å². The van der Waals surface area contributed by atoms with E-state index in [0.29, 0.717) is 75.1 Å². The molecule has 0 fully saturated rings. The summed E-state index contributed by atoms with van der Waals surface area (Å²) in [6.45, 7) is 14.4. The highest BCUT2D eigenvalue weighted by Crippen LogP contribution is 2.57. The van der Waals surface area contributed by atoms with Gasteiger partial charge in [0.05, 0.1) is 108 Å². The van der Waals surface area contributed by atoms with Gasteiger partial charge in [-0.05, 0) is 37.1 Å². The van der Waals surface area contributed by atoms with Gasteiger partial charge in [-0.25, -0.2) is 0 Å². The van der Waals surface area contributed by atoms with Gasteiger partial charge in [-0.1, -0.05) is 42.5 Å². The Morgan fingerprint density at radius 2 is 0.946 bits per heavy atom. The van der Waals surface area contributed by atoms with E-state index in [-0.39, 0.29) is 65.9 Å². The first kappa shape index (κ1) is 46.1. The van der Waals surface area contributed by atoms with Gasteiger partial charge in [-0.15, -0.1) is 13.2 Å². The number of aryl methyl sites for hydroxylation is 2. The summed E-state index contributed by atoms with van der Waals surface area (Å²) in [5, 5.41) is 0.00315. The largest absolute Gasteiger partial charge is 0.496 e. The van der Waals surface area contributed by atoms with Gasteiger partial charge in [-0.3, -0.25) is 9.59 Å². The fraction of sp³-hybridized carbons (Fsp3) is 0.429. The predicted molar refractivity (Wildman–Crippen MR) is 214 cm³/mol. The molecule has 0 aromatic heterocycles. The Bertz CT molecular complexity index is 1680. The fourth-order valence-corrected chi connectivity index (χ4v) is 8.07. The van der Waals surface area contributed by atoms with E-state index in [4.69, 9.17) is 47.4 Å². The third-order valence-corrected chi connectivity index (χ3v) is 11.2. The molecule has 3 aromatic carbocycles. The molecule has 3 rings (SSSR count). The van der Waals surface area contributed by atoms with Gasteiger partial charge in [0.2, 0.25) is 18.2 Å². The van der Waals surface area contributed by atoms with Crippen LogP contribution in [0, 0.1) is 13.8 Å². The molecule has 14 heteroatoms. The summed E-state index contributed by atoms with van der Waals surface area (Å²) < 4.78 is 72.3. The zero-order valence-electron chi connectivity index (χ0n) is 33.4. The van der Waals surface area contributed by atoms with Crippen LogP contribution in [-0.4, -0.2) is 106 Å². The molecule has 3 aromatic rings. The molecule has 0 radical (unpaired) electrons. The molecule has 0 saturated heterocycles. The van der Waals surface area contributed by atoms with E-state index in [1.807, 2.05) is 13.8 Å². The van der Waals surface area contributed by atoms with Gasteiger partial charge in [0.1, 0.15) is 34.1 Å². The summed E-state index contributed by atoms with van der Waals surface area (Å²) in [6, 6.07) is 11.1. The van der Waals surface area contributed by atoms with E-state index in [0.717, 1.165) is 0 Å². The summed E-state index contributed by atoms with van der Waals surface area (Å²) in [6.07, 6.45) is 3.32. The van der Waals surface area contributed by atoms with E-state index >= 15 is 14.2 Å². The maximum absolute atomic E-state index is 15.7. The Hall–Kier alpha value is -4.33. The summed E-state index contributed by atoms with van der Waals surface area (Å²) in [5.41, 5.74) is 0.0668. The van der Waals surface area contributed by atoms with Gasteiger partial charge >= 0.3 is 0 Å². The number of benzene rings is 3. The fourth-order valence-electron chi connectivity index (χ4n) is 5.77. The maximum atomic E-state index is 15.7. The molecule has 0 aliphatic carbocycles. The maximum Gasteiger partial charge on any atom is 0.249 e. The van der Waals surface area contributed by atoms with Crippen LogP contribution in [0.3, 0.4) is 0 Å². The van der Waals surface area contributed by atoms with Gasteiger partial charge in [0.15, 0.2) is 0 Å². The van der Waals surface area contributed by atoms with Crippen LogP contribution >= 0.6 is 7.14 Å². The molecule has 13 nitrogen and oxygen atoms in total. The molecular formula is C42H55O13P. The van der Waals surface area contributed by atoms with Crippen molar-refractivity contribution in [1.29, 1.82) is 0 Å². The number of methoxy groups -OCH3 is 4. The molecule has 0 amide bonds. The van der Waals surface area contributed by atoms with Crippen LogP contribution in [0.15, 0.2) is 67.8 Å². The normalized spacial score (nSPS) is 11.2. The van der Waals surface area contributed by atoms with Crippen LogP contribution in [0.25, 0.3) is 0 Å². The summed E-state index contributed by atoms with van der Waals surface area (Å²) in [4.78, 5) is 30.2. The first-order chi connectivity index (χ1) is 27.2. The van der Waals surface area contributed by atoms with E-state index in [2.05, 4.69) is 13.2 Å². The second kappa shape index (κ2) is 24.3. The minimum Gasteiger partial charge on any atom is -0.496 e. The molecule has 0 bridgehead atoms. The Morgan fingerprint density at radius 1 is 0.571 bits per heavy atom. The lowest BCUT2D eigenvalue weighted by Crippen LogP contribution is -2.23. The SMILES string of the molecule is C=CCOCCOCCOCc1c(C)cc(OC)c(C(=O)P(=O)(C(=O)c2c(OC)cc(C)c(COCCOCCOCC=C)c2OC)c2ccccc2)c1OC. The zero-order chi connectivity index (χ0) is 40.9. The van der Waals surface area contributed by atoms with Crippen molar-refractivity contribution in [3.05, 3.63) is 101 Å². The second-order valence-electron chi connectivity index (χ2n) is 12.2. The number of hydrogen-bond donors (Lipinski definition) is 0. The van der Waals surface area contributed by atoms with E-state index < -0.39 is 18.2 Å². The van der Waals surface area contributed by atoms with Crippen molar-refractivity contribution in [3.63, 3.8) is 0 Å². The van der Waals surface area contributed by atoms with Crippen molar-refractivity contribution in [3.8, 4) is 23.0 Å². The average Bonchev–Trinajstić information content (AvgIpc) is 3.21. The molecule has 0 heterocycles. The number of carbonyl (C=O) groups is 2.